The molecule has 0 radical (unpaired) electrons. The number of aryl methyl sites for hydroxylation is 2. The Labute approximate surface area is 245 Å². The average molecular weight is 590 g/mol. The summed E-state index contributed by atoms with van der Waals surface area (Å²) < 4.78 is 54.9. The van der Waals surface area contributed by atoms with Crippen molar-refractivity contribution in [3.63, 3.8) is 0 Å². The number of nitrogens with zero attached hydrogens (tertiary/aromatic N) is 3. The summed E-state index contributed by atoms with van der Waals surface area (Å²) in [6, 6.07) is 19.3. The Hall–Kier alpha value is -4.57. The lowest BCUT2D eigenvalue weighted by Crippen LogP contribution is -2.21. The number of alkyl halides is 3. The van der Waals surface area contributed by atoms with E-state index in [-0.39, 0.29) is 25.5 Å². The van der Waals surface area contributed by atoms with E-state index >= 15 is 0 Å². The number of allylic oxidation sites excluding steroid dienone is 1. The molecule has 0 saturated carbocycles. The first-order chi connectivity index (χ1) is 20.7. The molecule has 0 saturated heterocycles. The van der Waals surface area contributed by atoms with Crippen LogP contribution in [0.25, 0.3) is 32.8 Å². The van der Waals surface area contributed by atoms with Gasteiger partial charge in [0, 0.05) is 28.4 Å². The summed E-state index contributed by atoms with van der Waals surface area (Å²) in [5.74, 6) is -0.307. The van der Waals surface area contributed by atoms with Crippen LogP contribution in [0, 0.1) is 6.92 Å². The normalized spacial score (nSPS) is 14.4. The highest BCUT2D eigenvalue weighted by molar-refractivity contribution is 6.04. The Morgan fingerprint density at radius 1 is 1.05 bits per heavy atom. The van der Waals surface area contributed by atoms with E-state index in [1.165, 1.54) is 0 Å². The fourth-order valence-corrected chi connectivity index (χ4v) is 6.01. The molecular weight excluding hydrogens is 559 g/mol. The number of hydrogen-bond donors (Lipinski definition) is 1. The molecule has 222 valence electrons. The lowest BCUT2D eigenvalue weighted by molar-refractivity contribution is -0.143. The van der Waals surface area contributed by atoms with Gasteiger partial charge in [-0.1, -0.05) is 66.7 Å². The van der Waals surface area contributed by atoms with E-state index in [0.29, 0.717) is 53.0 Å². The van der Waals surface area contributed by atoms with Crippen LogP contribution in [0.15, 0.2) is 72.8 Å². The quantitative estimate of drug-likeness (QED) is 0.159. The standard InChI is InChI=1S/C33H30F3N3O4/c1-21-29-26-13-7-12-24-25(14-8-18-43-28-15-6-10-22-9-2-3-11-23(22)28)31(32(40)41)38(30(24)26)16-4-5-17-42-19-27(29)39(37-21)20-33(34,35)36/h2-7,9-13,15H,8,14,16-20H2,1H3,(H,40,41)/b5-4-. The number of halogens is 3. The Kier molecular flexibility index (Phi) is 7.70. The zero-order valence-corrected chi connectivity index (χ0v) is 23.5. The molecule has 0 bridgehead atoms. The maximum absolute atomic E-state index is 13.5. The molecule has 1 N–H and O–H groups in total. The van der Waals surface area contributed by atoms with Crippen molar-refractivity contribution in [2.75, 3.05) is 13.2 Å². The first-order valence-electron chi connectivity index (χ1n) is 14.1. The largest absolute Gasteiger partial charge is 0.493 e. The van der Waals surface area contributed by atoms with Crippen LogP contribution in [0.2, 0.25) is 0 Å². The number of carbonyl (C=O) groups is 1. The van der Waals surface area contributed by atoms with Gasteiger partial charge in [-0.15, -0.1) is 0 Å². The summed E-state index contributed by atoms with van der Waals surface area (Å²) in [6.07, 6.45) is 0.0962. The highest BCUT2D eigenvalue weighted by atomic mass is 19.4. The van der Waals surface area contributed by atoms with Crippen molar-refractivity contribution in [3.05, 3.63) is 95.5 Å². The number of benzene rings is 3. The Bertz CT molecular complexity index is 1850. The molecule has 0 unspecified atom stereocenters. The molecule has 3 heterocycles. The van der Waals surface area contributed by atoms with E-state index in [2.05, 4.69) is 5.10 Å². The van der Waals surface area contributed by atoms with Crippen LogP contribution >= 0.6 is 0 Å². The summed E-state index contributed by atoms with van der Waals surface area (Å²) in [6.45, 7) is 1.15. The van der Waals surface area contributed by atoms with Crippen LogP contribution in [-0.4, -0.2) is 44.8 Å². The Morgan fingerprint density at radius 3 is 2.63 bits per heavy atom. The van der Waals surface area contributed by atoms with Crippen molar-refractivity contribution in [3.8, 4) is 16.9 Å². The molecule has 43 heavy (non-hydrogen) atoms. The fourth-order valence-electron chi connectivity index (χ4n) is 6.01. The number of aromatic carboxylic acids is 1. The molecule has 0 amide bonds. The molecule has 1 aliphatic rings. The van der Waals surface area contributed by atoms with Gasteiger partial charge in [0.2, 0.25) is 0 Å². The number of fused-ring (bicyclic) bond motifs is 3. The van der Waals surface area contributed by atoms with Crippen molar-refractivity contribution in [2.24, 2.45) is 0 Å². The van der Waals surface area contributed by atoms with E-state index < -0.39 is 18.7 Å². The van der Waals surface area contributed by atoms with Crippen molar-refractivity contribution in [2.45, 2.75) is 45.6 Å². The highest BCUT2D eigenvalue weighted by Crippen LogP contribution is 2.39. The van der Waals surface area contributed by atoms with Gasteiger partial charge in [0.1, 0.15) is 18.0 Å². The third-order valence-electron chi connectivity index (χ3n) is 7.71. The Balaban J connectivity index is 1.42. The maximum Gasteiger partial charge on any atom is 0.408 e. The van der Waals surface area contributed by atoms with Crippen LogP contribution in [0.5, 0.6) is 5.75 Å². The van der Waals surface area contributed by atoms with Gasteiger partial charge in [0.15, 0.2) is 0 Å². The van der Waals surface area contributed by atoms with Crippen molar-refractivity contribution < 1.29 is 32.5 Å². The highest BCUT2D eigenvalue weighted by Gasteiger charge is 2.32. The summed E-state index contributed by atoms with van der Waals surface area (Å²) >= 11 is 0. The minimum Gasteiger partial charge on any atom is -0.493 e. The predicted molar refractivity (Wildman–Crippen MR) is 157 cm³/mol. The molecule has 6 rings (SSSR count). The molecular formula is C33H30F3N3O4. The molecule has 0 aliphatic carbocycles. The monoisotopic (exact) mass is 589 g/mol. The number of carboxylic acid groups (broad SMARTS) is 1. The summed E-state index contributed by atoms with van der Waals surface area (Å²) in [5, 5.41) is 17.5. The van der Waals surface area contributed by atoms with Crippen LogP contribution < -0.4 is 4.74 Å². The minimum absolute atomic E-state index is 0.0716. The van der Waals surface area contributed by atoms with E-state index in [9.17, 15) is 23.1 Å². The molecule has 0 fully saturated rings. The van der Waals surface area contributed by atoms with E-state index in [0.717, 1.165) is 26.6 Å². The van der Waals surface area contributed by atoms with Gasteiger partial charge in [0.05, 0.1) is 36.7 Å². The van der Waals surface area contributed by atoms with Crippen LogP contribution in [-0.2, 0) is 30.9 Å². The van der Waals surface area contributed by atoms with Gasteiger partial charge in [-0.2, -0.15) is 18.3 Å². The van der Waals surface area contributed by atoms with Crippen LogP contribution in [0.4, 0.5) is 13.2 Å². The van der Waals surface area contributed by atoms with Crippen molar-refractivity contribution in [1.82, 2.24) is 14.3 Å². The summed E-state index contributed by atoms with van der Waals surface area (Å²) in [5.41, 5.74) is 3.32. The number of ether oxygens (including phenoxy) is 2. The second-order valence-corrected chi connectivity index (χ2v) is 10.5. The first-order valence-corrected chi connectivity index (χ1v) is 14.1. The number of hydrogen-bond acceptors (Lipinski definition) is 4. The third kappa shape index (κ3) is 5.62. The molecule has 2 aromatic heterocycles. The molecule has 10 heteroatoms. The first kappa shape index (κ1) is 28.5. The number of para-hydroxylation sites is 1. The average Bonchev–Trinajstić information content (AvgIpc) is 3.43. The second kappa shape index (κ2) is 11.6. The molecule has 3 aromatic carbocycles. The van der Waals surface area contributed by atoms with Gasteiger partial charge in [-0.25, -0.2) is 4.79 Å². The van der Waals surface area contributed by atoms with E-state index in [1.807, 2.05) is 66.7 Å². The van der Waals surface area contributed by atoms with Crippen molar-refractivity contribution >= 4 is 27.6 Å². The molecule has 7 nitrogen and oxygen atoms in total. The van der Waals surface area contributed by atoms with Crippen LogP contribution in [0.3, 0.4) is 0 Å². The lowest BCUT2D eigenvalue weighted by atomic mass is 9.98. The topological polar surface area (TPSA) is 78.5 Å². The predicted octanol–water partition coefficient (Wildman–Crippen LogP) is 7.32. The van der Waals surface area contributed by atoms with E-state index in [1.54, 1.807) is 17.6 Å². The maximum atomic E-state index is 13.5. The Morgan fingerprint density at radius 2 is 1.81 bits per heavy atom. The van der Waals surface area contributed by atoms with Gasteiger partial charge in [0.25, 0.3) is 0 Å². The van der Waals surface area contributed by atoms with Gasteiger partial charge >= 0.3 is 12.1 Å². The lowest BCUT2D eigenvalue weighted by Gasteiger charge is -2.13. The molecule has 5 aromatic rings. The number of rotatable bonds is 7. The smallest absolute Gasteiger partial charge is 0.408 e. The SMILES string of the molecule is Cc1nn(CC(F)(F)F)c2c1-c1cccc3c(CCCOc4cccc5ccccc45)c(C(=O)O)n(c13)C/C=C\COC2. The molecule has 0 spiro atoms. The number of carboxylic acids is 1. The van der Waals surface area contributed by atoms with Crippen LogP contribution in [0.1, 0.15) is 33.9 Å². The molecule has 1 aliphatic heterocycles. The second-order valence-electron chi connectivity index (χ2n) is 10.5. The number of aromatic nitrogens is 3. The zero-order valence-electron chi connectivity index (χ0n) is 23.5. The summed E-state index contributed by atoms with van der Waals surface area (Å²) in [7, 11) is 0. The van der Waals surface area contributed by atoms with Gasteiger partial charge in [-0.05, 0) is 36.8 Å². The fraction of sp³-hybridized carbons (Fsp3) is 0.273. The zero-order chi connectivity index (χ0) is 30.1. The summed E-state index contributed by atoms with van der Waals surface area (Å²) in [4.78, 5) is 12.8. The van der Waals surface area contributed by atoms with Gasteiger partial charge < -0.3 is 19.1 Å². The van der Waals surface area contributed by atoms with Gasteiger partial charge in [-0.3, -0.25) is 4.68 Å². The minimum atomic E-state index is -4.47. The third-order valence-corrected chi connectivity index (χ3v) is 7.71. The molecule has 0 atom stereocenters. The van der Waals surface area contributed by atoms with E-state index in [4.69, 9.17) is 9.47 Å². The van der Waals surface area contributed by atoms with Crippen molar-refractivity contribution in [1.29, 1.82) is 0 Å².